The Labute approximate surface area is 134 Å². The molecule has 4 nitrogen and oxygen atoms in total. The van der Waals surface area contributed by atoms with Crippen molar-refractivity contribution in [1.82, 2.24) is 9.80 Å². The lowest BCUT2D eigenvalue weighted by Gasteiger charge is -2.36. The molecule has 0 amide bonds. The van der Waals surface area contributed by atoms with E-state index >= 15 is 0 Å². The average Bonchev–Trinajstić information content (AvgIpc) is 2.48. The number of aliphatic hydroxyl groups is 1. The molecule has 2 rings (SSSR count). The minimum absolute atomic E-state index is 0.358. The van der Waals surface area contributed by atoms with Crippen molar-refractivity contribution < 1.29 is 9.84 Å². The van der Waals surface area contributed by atoms with Crippen molar-refractivity contribution >= 4 is 0 Å². The summed E-state index contributed by atoms with van der Waals surface area (Å²) in [5.74, 6) is 1.59. The molecular weight excluding hydrogens is 276 g/mol. The molecule has 1 fully saturated rings. The van der Waals surface area contributed by atoms with Crippen LogP contribution >= 0.6 is 0 Å². The van der Waals surface area contributed by atoms with Gasteiger partial charge in [0.2, 0.25) is 0 Å². The van der Waals surface area contributed by atoms with Crippen LogP contribution in [0.25, 0.3) is 0 Å². The molecule has 0 saturated carbocycles. The number of rotatable bonds is 7. The number of aryl methyl sites for hydroxylation is 1. The van der Waals surface area contributed by atoms with Gasteiger partial charge < -0.3 is 14.7 Å². The van der Waals surface area contributed by atoms with Gasteiger partial charge in [-0.15, -0.1) is 0 Å². The lowest BCUT2D eigenvalue weighted by Crippen LogP contribution is -2.49. The molecule has 0 aliphatic carbocycles. The third kappa shape index (κ3) is 5.59. The number of hydrogen-bond acceptors (Lipinski definition) is 4. The smallest absolute Gasteiger partial charge is 0.122 e. The Morgan fingerprint density at radius 1 is 1.05 bits per heavy atom. The maximum atomic E-state index is 10.2. The fourth-order valence-corrected chi connectivity index (χ4v) is 2.93. The maximum Gasteiger partial charge on any atom is 0.122 e. The molecular formula is C18H30N2O2. The molecule has 4 heteroatoms. The lowest BCUT2D eigenvalue weighted by molar-refractivity contribution is 0.0438. The molecule has 124 valence electrons. The molecule has 1 aliphatic heterocycles. The van der Waals surface area contributed by atoms with E-state index in [1.807, 2.05) is 31.2 Å². The SMILES string of the molecule is Cc1ccccc1OC[C@@H](O)CN1CCN(CC(C)C)CC1. The predicted molar refractivity (Wildman–Crippen MR) is 90.4 cm³/mol. The summed E-state index contributed by atoms with van der Waals surface area (Å²) in [6, 6.07) is 7.93. The molecule has 0 spiro atoms. The number of hydrogen-bond donors (Lipinski definition) is 1. The van der Waals surface area contributed by atoms with E-state index in [1.165, 1.54) is 6.54 Å². The van der Waals surface area contributed by atoms with Crippen LogP contribution in [0.4, 0.5) is 0 Å². The number of nitrogens with zero attached hydrogens (tertiary/aromatic N) is 2. The fraction of sp³-hybridized carbons (Fsp3) is 0.667. The van der Waals surface area contributed by atoms with Crippen LogP contribution in [0.5, 0.6) is 5.75 Å². The number of ether oxygens (including phenoxy) is 1. The Bertz CT molecular complexity index is 442. The Morgan fingerprint density at radius 3 is 2.23 bits per heavy atom. The van der Waals surface area contributed by atoms with Crippen LogP contribution in [-0.2, 0) is 0 Å². The summed E-state index contributed by atoms with van der Waals surface area (Å²) in [5, 5.41) is 10.2. The highest BCUT2D eigenvalue weighted by atomic mass is 16.5. The second kappa shape index (κ2) is 8.51. The average molecular weight is 306 g/mol. The zero-order chi connectivity index (χ0) is 15.9. The van der Waals surface area contributed by atoms with Crippen molar-refractivity contribution in [3.63, 3.8) is 0 Å². The molecule has 1 aromatic carbocycles. The quantitative estimate of drug-likeness (QED) is 0.836. The molecule has 1 atom stereocenters. The van der Waals surface area contributed by atoms with Gasteiger partial charge in [0.05, 0.1) is 0 Å². The van der Waals surface area contributed by atoms with Gasteiger partial charge in [-0.05, 0) is 24.5 Å². The Kier molecular flexibility index (Phi) is 6.68. The molecule has 0 radical (unpaired) electrons. The van der Waals surface area contributed by atoms with Crippen molar-refractivity contribution in [1.29, 1.82) is 0 Å². The number of β-amino-alcohol motifs (C(OH)–C–C–N with tert-alkyl or cyclic N) is 1. The largest absolute Gasteiger partial charge is 0.491 e. The van der Waals surface area contributed by atoms with Crippen LogP contribution in [0.3, 0.4) is 0 Å². The fourth-order valence-electron chi connectivity index (χ4n) is 2.93. The summed E-state index contributed by atoms with van der Waals surface area (Å²) in [6.07, 6.45) is -0.434. The molecule has 1 heterocycles. The van der Waals surface area contributed by atoms with Crippen LogP contribution in [-0.4, -0.2) is 66.9 Å². The first-order chi connectivity index (χ1) is 10.5. The summed E-state index contributed by atoms with van der Waals surface area (Å²) >= 11 is 0. The van der Waals surface area contributed by atoms with Crippen LogP contribution < -0.4 is 4.74 Å². The summed E-state index contributed by atoms with van der Waals surface area (Å²) in [5.41, 5.74) is 1.11. The molecule has 1 aliphatic rings. The predicted octanol–water partition coefficient (Wildman–Crippen LogP) is 2.01. The van der Waals surface area contributed by atoms with Crippen molar-refractivity contribution in [3.8, 4) is 5.75 Å². The Hall–Kier alpha value is -1.10. The minimum atomic E-state index is -0.434. The van der Waals surface area contributed by atoms with Gasteiger partial charge in [-0.1, -0.05) is 32.0 Å². The van der Waals surface area contributed by atoms with E-state index in [0.717, 1.165) is 43.4 Å². The summed E-state index contributed by atoms with van der Waals surface area (Å²) < 4.78 is 5.73. The summed E-state index contributed by atoms with van der Waals surface area (Å²) in [6.45, 7) is 13.0. The zero-order valence-electron chi connectivity index (χ0n) is 14.2. The molecule has 22 heavy (non-hydrogen) atoms. The van der Waals surface area contributed by atoms with E-state index in [4.69, 9.17) is 4.74 Å². The molecule has 1 aromatic rings. The monoisotopic (exact) mass is 306 g/mol. The van der Waals surface area contributed by atoms with Gasteiger partial charge in [0.1, 0.15) is 18.5 Å². The Morgan fingerprint density at radius 2 is 1.64 bits per heavy atom. The van der Waals surface area contributed by atoms with Crippen molar-refractivity contribution in [2.24, 2.45) is 5.92 Å². The third-order valence-electron chi connectivity index (χ3n) is 4.08. The van der Waals surface area contributed by atoms with E-state index < -0.39 is 6.10 Å². The number of aliphatic hydroxyl groups excluding tert-OH is 1. The van der Waals surface area contributed by atoms with Gasteiger partial charge in [-0.25, -0.2) is 0 Å². The first-order valence-corrected chi connectivity index (χ1v) is 8.36. The van der Waals surface area contributed by atoms with E-state index in [0.29, 0.717) is 13.2 Å². The summed E-state index contributed by atoms with van der Waals surface area (Å²) in [4.78, 5) is 4.85. The van der Waals surface area contributed by atoms with Gasteiger partial charge in [-0.2, -0.15) is 0 Å². The first kappa shape index (κ1) is 17.3. The van der Waals surface area contributed by atoms with Crippen molar-refractivity contribution in [2.75, 3.05) is 45.9 Å². The van der Waals surface area contributed by atoms with Gasteiger partial charge >= 0.3 is 0 Å². The highest BCUT2D eigenvalue weighted by Crippen LogP contribution is 2.16. The topological polar surface area (TPSA) is 35.9 Å². The second-order valence-corrected chi connectivity index (χ2v) is 6.73. The van der Waals surface area contributed by atoms with Crippen LogP contribution in [0.1, 0.15) is 19.4 Å². The number of piperazine rings is 1. The van der Waals surface area contributed by atoms with E-state index in [1.54, 1.807) is 0 Å². The molecule has 0 unspecified atom stereocenters. The zero-order valence-corrected chi connectivity index (χ0v) is 14.2. The minimum Gasteiger partial charge on any atom is -0.491 e. The molecule has 1 N–H and O–H groups in total. The van der Waals surface area contributed by atoms with E-state index in [-0.39, 0.29) is 0 Å². The van der Waals surface area contributed by atoms with Crippen LogP contribution in [0.2, 0.25) is 0 Å². The van der Waals surface area contributed by atoms with E-state index in [9.17, 15) is 5.11 Å². The van der Waals surface area contributed by atoms with Gasteiger partial charge in [0, 0.05) is 39.3 Å². The second-order valence-electron chi connectivity index (χ2n) is 6.73. The van der Waals surface area contributed by atoms with Crippen molar-refractivity contribution in [2.45, 2.75) is 26.9 Å². The summed E-state index contributed by atoms with van der Waals surface area (Å²) in [7, 11) is 0. The number of benzene rings is 1. The maximum absolute atomic E-state index is 10.2. The standard InChI is InChI=1S/C18H30N2O2/c1-15(2)12-19-8-10-20(11-9-19)13-17(21)14-22-18-7-5-4-6-16(18)3/h4-7,15,17,21H,8-14H2,1-3H3/t17-/m0/s1. The molecule has 0 aromatic heterocycles. The van der Waals surface area contributed by atoms with Gasteiger partial charge in [0.25, 0.3) is 0 Å². The lowest BCUT2D eigenvalue weighted by atomic mass is 10.2. The molecule has 1 saturated heterocycles. The highest BCUT2D eigenvalue weighted by Gasteiger charge is 2.19. The first-order valence-electron chi connectivity index (χ1n) is 8.36. The molecule has 0 bridgehead atoms. The highest BCUT2D eigenvalue weighted by molar-refractivity contribution is 5.31. The van der Waals surface area contributed by atoms with E-state index in [2.05, 4.69) is 23.6 Å². The van der Waals surface area contributed by atoms with Crippen molar-refractivity contribution in [3.05, 3.63) is 29.8 Å². The third-order valence-corrected chi connectivity index (χ3v) is 4.08. The van der Waals surface area contributed by atoms with Crippen LogP contribution in [0.15, 0.2) is 24.3 Å². The van der Waals surface area contributed by atoms with Gasteiger partial charge in [0.15, 0.2) is 0 Å². The van der Waals surface area contributed by atoms with Gasteiger partial charge in [-0.3, -0.25) is 4.90 Å². The Balaban J connectivity index is 1.68. The van der Waals surface area contributed by atoms with Crippen LogP contribution in [0, 0.1) is 12.8 Å². The number of para-hydroxylation sites is 1. The normalized spacial score (nSPS) is 18.6.